The number of ether oxygens (including phenoxy) is 1. The van der Waals surface area contributed by atoms with E-state index in [-0.39, 0.29) is 18.6 Å². The molecule has 2 aromatic heterocycles. The maximum Gasteiger partial charge on any atom is 0.407 e. The zero-order valence-electron chi connectivity index (χ0n) is 11.9. The van der Waals surface area contributed by atoms with Crippen molar-refractivity contribution < 1.29 is 14.3 Å². The number of nitrogens with zero attached hydrogens (tertiary/aromatic N) is 1. The molecule has 0 aliphatic carbocycles. The SMILES string of the molecule is CCC(C)OC(=O)NCC(=O)Nc1csc2ncccc12. The third-order valence-electron chi connectivity index (χ3n) is 2.90. The predicted octanol–water partition coefficient (Wildman–Crippen LogP) is 2.76. The lowest BCUT2D eigenvalue weighted by Gasteiger charge is -2.11. The van der Waals surface area contributed by atoms with Gasteiger partial charge in [-0.25, -0.2) is 9.78 Å². The van der Waals surface area contributed by atoms with Crippen LogP contribution in [0.4, 0.5) is 10.5 Å². The van der Waals surface area contributed by atoms with E-state index < -0.39 is 6.09 Å². The van der Waals surface area contributed by atoms with Gasteiger partial charge in [-0.1, -0.05) is 6.92 Å². The number of hydrogen-bond donors (Lipinski definition) is 2. The van der Waals surface area contributed by atoms with Gasteiger partial charge in [0.15, 0.2) is 0 Å². The van der Waals surface area contributed by atoms with Crippen molar-refractivity contribution in [2.75, 3.05) is 11.9 Å². The van der Waals surface area contributed by atoms with Crippen LogP contribution < -0.4 is 10.6 Å². The van der Waals surface area contributed by atoms with E-state index in [1.54, 1.807) is 13.1 Å². The van der Waals surface area contributed by atoms with Gasteiger partial charge in [-0.2, -0.15) is 0 Å². The van der Waals surface area contributed by atoms with E-state index in [9.17, 15) is 9.59 Å². The average molecular weight is 307 g/mol. The van der Waals surface area contributed by atoms with Gasteiger partial charge in [0, 0.05) is 17.0 Å². The molecule has 1 atom stereocenters. The van der Waals surface area contributed by atoms with Gasteiger partial charge in [0.1, 0.15) is 17.5 Å². The summed E-state index contributed by atoms with van der Waals surface area (Å²) in [6, 6.07) is 3.70. The molecule has 21 heavy (non-hydrogen) atoms. The number of rotatable bonds is 5. The number of pyridine rings is 1. The Morgan fingerprint density at radius 1 is 1.48 bits per heavy atom. The van der Waals surface area contributed by atoms with Crippen LogP contribution in [0.3, 0.4) is 0 Å². The maximum atomic E-state index is 11.8. The van der Waals surface area contributed by atoms with Gasteiger partial charge in [0.25, 0.3) is 0 Å². The molecule has 2 N–H and O–H groups in total. The van der Waals surface area contributed by atoms with E-state index >= 15 is 0 Å². The molecular formula is C14H17N3O3S. The van der Waals surface area contributed by atoms with E-state index in [1.807, 2.05) is 24.4 Å². The fourth-order valence-corrected chi connectivity index (χ4v) is 2.46. The molecule has 2 heterocycles. The standard InChI is InChI=1S/C14H17N3O3S/c1-3-9(2)20-14(19)16-7-12(18)17-11-8-21-13-10(11)5-4-6-15-13/h4-6,8-9H,3,7H2,1-2H3,(H,16,19)(H,17,18). The summed E-state index contributed by atoms with van der Waals surface area (Å²) in [5.74, 6) is -0.306. The van der Waals surface area contributed by atoms with Crippen molar-refractivity contribution in [2.24, 2.45) is 0 Å². The van der Waals surface area contributed by atoms with Crippen LogP contribution in [0.15, 0.2) is 23.7 Å². The number of fused-ring (bicyclic) bond motifs is 1. The number of carbonyl (C=O) groups is 2. The molecule has 2 aromatic rings. The number of amides is 2. The molecule has 1 unspecified atom stereocenters. The average Bonchev–Trinajstić information content (AvgIpc) is 2.88. The highest BCUT2D eigenvalue weighted by Gasteiger charge is 2.11. The Balaban J connectivity index is 1.86. The first-order valence-electron chi connectivity index (χ1n) is 6.66. The Hall–Kier alpha value is -2.15. The van der Waals surface area contributed by atoms with E-state index in [0.29, 0.717) is 5.69 Å². The minimum Gasteiger partial charge on any atom is -0.447 e. The van der Waals surface area contributed by atoms with E-state index in [4.69, 9.17) is 4.74 Å². The fraction of sp³-hybridized carbons (Fsp3) is 0.357. The highest BCUT2D eigenvalue weighted by Crippen LogP contribution is 2.27. The Morgan fingerprint density at radius 3 is 3.05 bits per heavy atom. The van der Waals surface area contributed by atoms with Gasteiger partial charge < -0.3 is 15.4 Å². The van der Waals surface area contributed by atoms with Crippen LogP contribution in [0.1, 0.15) is 20.3 Å². The van der Waals surface area contributed by atoms with Crippen molar-refractivity contribution in [3.8, 4) is 0 Å². The van der Waals surface area contributed by atoms with E-state index in [0.717, 1.165) is 16.6 Å². The van der Waals surface area contributed by atoms with Crippen molar-refractivity contribution in [3.05, 3.63) is 23.7 Å². The molecule has 0 aromatic carbocycles. The van der Waals surface area contributed by atoms with Crippen LogP contribution >= 0.6 is 11.3 Å². The molecule has 0 saturated heterocycles. The lowest BCUT2D eigenvalue weighted by molar-refractivity contribution is -0.115. The van der Waals surface area contributed by atoms with Crippen molar-refractivity contribution in [2.45, 2.75) is 26.4 Å². The molecule has 0 bridgehead atoms. The number of aromatic nitrogens is 1. The third kappa shape index (κ3) is 4.16. The second-order valence-electron chi connectivity index (χ2n) is 4.53. The molecule has 0 aliphatic heterocycles. The van der Waals surface area contributed by atoms with E-state index in [1.165, 1.54) is 11.3 Å². The molecule has 2 amide bonds. The summed E-state index contributed by atoms with van der Waals surface area (Å²) in [5.41, 5.74) is 0.699. The second kappa shape index (κ2) is 7.03. The van der Waals surface area contributed by atoms with Crippen LogP contribution in [-0.2, 0) is 9.53 Å². The Kier molecular flexibility index (Phi) is 5.10. The van der Waals surface area contributed by atoms with Crippen LogP contribution in [0, 0.1) is 0 Å². The molecule has 7 heteroatoms. The Morgan fingerprint density at radius 2 is 2.29 bits per heavy atom. The second-order valence-corrected chi connectivity index (χ2v) is 5.39. The summed E-state index contributed by atoms with van der Waals surface area (Å²) in [5, 5.41) is 7.89. The number of anilines is 1. The number of nitrogens with one attached hydrogen (secondary N) is 2. The molecule has 112 valence electrons. The summed E-state index contributed by atoms with van der Waals surface area (Å²) in [7, 11) is 0. The first-order valence-corrected chi connectivity index (χ1v) is 7.54. The highest BCUT2D eigenvalue weighted by atomic mass is 32.1. The van der Waals surface area contributed by atoms with Gasteiger partial charge in [0.2, 0.25) is 5.91 Å². The molecule has 2 rings (SSSR count). The smallest absolute Gasteiger partial charge is 0.407 e. The first kappa shape index (κ1) is 15.2. The number of alkyl carbamates (subject to hydrolysis) is 1. The van der Waals surface area contributed by atoms with Crippen molar-refractivity contribution >= 4 is 39.2 Å². The first-order chi connectivity index (χ1) is 10.1. The third-order valence-corrected chi connectivity index (χ3v) is 3.80. The number of carbonyl (C=O) groups excluding carboxylic acids is 2. The van der Waals surface area contributed by atoms with Crippen molar-refractivity contribution in [3.63, 3.8) is 0 Å². The topological polar surface area (TPSA) is 80.3 Å². The minimum absolute atomic E-state index is 0.132. The van der Waals surface area contributed by atoms with Gasteiger partial charge in [0.05, 0.1) is 5.69 Å². The van der Waals surface area contributed by atoms with Gasteiger partial charge >= 0.3 is 6.09 Å². The summed E-state index contributed by atoms with van der Waals surface area (Å²) >= 11 is 1.45. The quantitative estimate of drug-likeness (QED) is 0.890. The van der Waals surface area contributed by atoms with Crippen molar-refractivity contribution in [1.29, 1.82) is 0 Å². The largest absolute Gasteiger partial charge is 0.447 e. The molecule has 0 radical (unpaired) electrons. The van der Waals surface area contributed by atoms with E-state index in [2.05, 4.69) is 15.6 Å². The number of thiophene rings is 1. The highest BCUT2D eigenvalue weighted by molar-refractivity contribution is 7.17. The Labute approximate surface area is 126 Å². The lowest BCUT2D eigenvalue weighted by atomic mass is 10.3. The van der Waals surface area contributed by atoms with Crippen molar-refractivity contribution in [1.82, 2.24) is 10.3 Å². The van der Waals surface area contributed by atoms with Gasteiger partial charge in [-0.15, -0.1) is 11.3 Å². The zero-order valence-corrected chi connectivity index (χ0v) is 12.7. The van der Waals surface area contributed by atoms with Gasteiger partial charge in [-0.05, 0) is 25.5 Å². The van der Waals surface area contributed by atoms with Crippen LogP contribution in [-0.4, -0.2) is 29.6 Å². The minimum atomic E-state index is -0.587. The summed E-state index contributed by atoms with van der Waals surface area (Å²) < 4.78 is 5.02. The fourth-order valence-electron chi connectivity index (χ4n) is 1.62. The van der Waals surface area contributed by atoms with Crippen LogP contribution in [0.25, 0.3) is 10.2 Å². The van der Waals surface area contributed by atoms with Gasteiger partial charge in [-0.3, -0.25) is 4.79 Å². The van der Waals surface area contributed by atoms with Crippen LogP contribution in [0.2, 0.25) is 0 Å². The molecule has 0 aliphatic rings. The molecular weight excluding hydrogens is 290 g/mol. The molecule has 0 saturated carbocycles. The molecule has 6 nitrogen and oxygen atoms in total. The van der Waals surface area contributed by atoms with Crippen LogP contribution in [0.5, 0.6) is 0 Å². The predicted molar refractivity (Wildman–Crippen MR) is 82.5 cm³/mol. The number of hydrogen-bond acceptors (Lipinski definition) is 5. The maximum absolute atomic E-state index is 11.8. The summed E-state index contributed by atoms with van der Waals surface area (Å²) in [6.07, 6.45) is 1.68. The zero-order chi connectivity index (χ0) is 15.2. The monoisotopic (exact) mass is 307 g/mol. The molecule has 0 fully saturated rings. The summed E-state index contributed by atoms with van der Waals surface area (Å²) in [4.78, 5) is 28.3. The summed E-state index contributed by atoms with van der Waals surface area (Å²) in [6.45, 7) is 3.58. The molecule has 0 spiro atoms. The lowest BCUT2D eigenvalue weighted by Crippen LogP contribution is -2.34. The normalized spacial score (nSPS) is 11.9. The Bertz CT molecular complexity index is 641.